The zero-order chi connectivity index (χ0) is 23.4. The molecule has 5 nitrogen and oxygen atoms in total. The maximum atomic E-state index is 12.2. The van der Waals surface area contributed by atoms with Gasteiger partial charge in [-0.25, -0.2) is 9.78 Å². The first kappa shape index (κ1) is 22.0. The zero-order valence-corrected chi connectivity index (χ0v) is 18.9. The van der Waals surface area contributed by atoms with E-state index in [-0.39, 0.29) is 12.6 Å². The van der Waals surface area contributed by atoms with E-state index in [1.54, 1.807) is 13.0 Å². The average molecular weight is 436 g/mol. The van der Waals surface area contributed by atoms with Crippen molar-refractivity contribution in [3.8, 4) is 6.07 Å². The lowest BCUT2D eigenvalue weighted by Gasteiger charge is -2.23. The Hall–Kier alpha value is -4.17. The molecule has 5 heteroatoms. The highest BCUT2D eigenvalue weighted by molar-refractivity contribution is 5.94. The summed E-state index contributed by atoms with van der Waals surface area (Å²) in [5.41, 5.74) is 5.77. The van der Waals surface area contributed by atoms with E-state index in [2.05, 4.69) is 34.9 Å². The SMILES string of the molecule is CCOC(=O)C=Cc1c(C#N)c2c(C)cc(C)nc2n1C(c1ccccc1)c1ccccc1. The molecule has 0 atom stereocenters. The molecule has 0 aliphatic heterocycles. The molecule has 0 N–H and O–H groups in total. The molecule has 0 spiro atoms. The number of hydrogen-bond donors (Lipinski definition) is 0. The molecule has 2 aromatic heterocycles. The van der Waals surface area contributed by atoms with Crippen LogP contribution in [0.2, 0.25) is 0 Å². The fourth-order valence-electron chi connectivity index (χ4n) is 4.30. The first-order valence-corrected chi connectivity index (χ1v) is 10.9. The maximum Gasteiger partial charge on any atom is 0.330 e. The van der Waals surface area contributed by atoms with Gasteiger partial charge in [-0.3, -0.25) is 0 Å². The molecule has 0 amide bonds. The van der Waals surface area contributed by atoms with Gasteiger partial charge in [0.1, 0.15) is 11.7 Å². The van der Waals surface area contributed by atoms with Crippen LogP contribution in [-0.2, 0) is 9.53 Å². The molecule has 164 valence electrons. The number of aromatic nitrogens is 2. The van der Waals surface area contributed by atoms with Gasteiger partial charge in [0.05, 0.1) is 23.9 Å². The monoisotopic (exact) mass is 435 g/mol. The smallest absolute Gasteiger partial charge is 0.330 e. The van der Waals surface area contributed by atoms with Crippen molar-refractivity contribution in [1.82, 2.24) is 9.55 Å². The second-order valence-corrected chi connectivity index (χ2v) is 7.83. The molecular weight excluding hydrogens is 410 g/mol. The molecule has 0 aliphatic rings. The van der Waals surface area contributed by atoms with Gasteiger partial charge in [0.15, 0.2) is 0 Å². The second-order valence-electron chi connectivity index (χ2n) is 7.83. The van der Waals surface area contributed by atoms with E-state index in [4.69, 9.17) is 9.72 Å². The van der Waals surface area contributed by atoms with Gasteiger partial charge in [0.2, 0.25) is 0 Å². The quantitative estimate of drug-likeness (QED) is 0.286. The van der Waals surface area contributed by atoms with Crippen molar-refractivity contribution in [2.75, 3.05) is 6.61 Å². The van der Waals surface area contributed by atoms with Gasteiger partial charge in [-0.1, -0.05) is 60.7 Å². The molecular formula is C28H25N3O2. The predicted molar refractivity (Wildman–Crippen MR) is 130 cm³/mol. The molecule has 0 radical (unpaired) electrons. The van der Waals surface area contributed by atoms with Crippen LogP contribution in [0.5, 0.6) is 0 Å². The topological polar surface area (TPSA) is 67.9 Å². The van der Waals surface area contributed by atoms with Crippen molar-refractivity contribution in [3.05, 3.63) is 106 Å². The number of nitrogens with zero attached hydrogens (tertiary/aromatic N) is 3. The number of fused-ring (bicyclic) bond motifs is 1. The van der Waals surface area contributed by atoms with Crippen molar-refractivity contribution >= 4 is 23.1 Å². The standard InChI is InChI=1S/C28H25N3O2/c1-4-33-25(32)16-15-24-23(18-29)26-19(2)17-20(3)30-28(26)31(24)27(21-11-7-5-8-12-21)22-13-9-6-10-14-22/h5-17,27H,4H2,1-3H3. The summed E-state index contributed by atoms with van der Waals surface area (Å²) in [5.74, 6) is -0.449. The van der Waals surface area contributed by atoms with E-state index in [9.17, 15) is 10.1 Å². The Morgan fingerprint density at radius 2 is 1.70 bits per heavy atom. The summed E-state index contributed by atoms with van der Waals surface area (Å²) in [6, 6.07) is 24.3. The van der Waals surface area contributed by atoms with Crippen LogP contribution >= 0.6 is 0 Å². The molecule has 0 aliphatic carbocycles. The summed E-state index contributed by atoms with van der Waals surface area (Å²) < 4.78 is 7.15. The number of aryl methyl sites for hydroxylation is 2. The minimum atomic E-state index is -0.449. The molecule has 2 aromatic carbocycles. The molecule has 0 saturated carbocycles. The summed E-state index contributed by atoms with van der Waals surface area (Å²) in [6.07, 6.45) is 3.05. The number of carbonyl (C=O) groups excluding carboxylic acids is 1. The Bertz CT molecular complexity index is 1320. The third kappa shape index (κ3) is 4.28. The second kappa shape index (κ2) is 9.54. The number of ether oxygens (including phenoxy) is 1. The maximum absolute atomic E-state index is 12.2. The summed E-state index contributed by atoms with van der Waals surface area (Å²) in [5, 5.41) is 11.0. The summed E-state index contributed by atoms with van der Waals surface area (Å²) in [7, 11) is 0. The van der Waals surface area contributed by atoms with Gasteiger partial charge in [-0.15, -0.1) is 0 Å². The molecule has 0 unspecified atom stereocenters. The van der Waals surface area contributed by atoms with Gasteiger partial charge >= 0.3 is 5.97 Å². The Kier molecular flexibility index (Phi) is 6.37. The lowest BCUT2D eigenvalue weighted by atomic mass is 9.98. The molecule has 2 heterocycles. The van der Waals surface area contributed by atoms with Gasteiger partial charge in [-0.05, 0) is 49.6 Å². The van der Waals surface area contributed by atoms with Crippen LogP contribution in [-0.4, -0.2) is 22.1 Å². The number of pyridine rings is 1. The Morgan fingerprint density at radius 3 is 2.24 bits per heavy atom. The van der Waals surface area contributed by atoms with Gasteiger partial charge < -0.3 is 9.30 Å². The lowest BCUT2D eigenvalue weighted by Crippen LogP contribution is -2.15. The van der Waals surface area contributed by atoms with Crippen molar-refractivity contribution < 1.29 is 9.53 Å². The van der Waals surface area contributed by atoms with Crippen LogP contribution in [0.25, 0.3) is 17.1 Å². The number of rotatable bonds is 6. The third-order valence-corrected chi connectivity index (χ3v) is 5.58. The number of hydrogen-bond acceptors (Lipinski definition) is 4. The highest BCUT2D eigenvalue weighted by atomic mass is 16.5. The predicted octanol–water partition coefficient (Wildman–Crippen LogP) is 5.74. The van der Waals surface area contributed by atoms with Crippen molar-refractivity contribution in [2.24, 2.45) is 0 Å². The molecule has 0 saturated heterocycles. The summed E-state index contributed by atoms with van der Waals surface area (Å²) >= 11 is 0. The van der Waals surface area contributed by atoms with Crippen molar-refractivity contribution in [1.29, 1.82) is 5.26 Å². The van der Waals surface area contributed by atoms with E-state index in [1.807, 2.05) is 56.3 Å². The highest BCUT2D eigenvalue weighted by Gasteiger charge is 2.26. The largest absolute Gasteiger partial charge is 0.463 e. The Morgan fingerprint density at radius 1 is 1.09 bits per heavy atom. The van der Waals surface area contributed by atoms with Crippen LogP contribution in [0.15, 0.2) is 72.8 Å². The van der Waals surface area contributed by atoms with Crippen LogP contribution < -0.4 is 0 Å². The third-order valence-electron chi connectivity index (χ3n) is 5.58. The molecule has 4 aromatic rings. The normalized spacial score (nSPS) is 11.2. The number of esters is 1. The molecule has 33 heavy (non-hydrogen) atoms. The zero-order valence-electron chi connectivity index (χ0n) is 18.9. The van der Waals surface area contributed by atoms with Crippen LogP contribution in [0.1, 0.15) is 46.6 Å². The van der Waals surface area contributed by atoms with E-state index >= 15 is 0 Å². The van der Waals surface area contributed by atoms with Gasteiger partial charge in [-0.2, -0.15) is 5.26 Å². The van der Waals surface area contributed by atoms with Crippen molar-refractivity contribution in [2.45, 2.75) is 26.8 Å². The number of carbonyl (C=O) groups is 1. The van der Waals surface area contributed by atoms with E-state index in [1.165, 1.54) is 6.08 Å². The van der Waals surface area contributed by atoms with Gasteiger partial charge in [0, 0.05) is 17.2 Å². The lowest BCUT2D eigenvalue weighted by molar-refractivity contribution is -0.137. The van der Waals surface area contributed by atoms with Crippen LogP contribution in [0.3, 0.4) is 0 Å². The Balaban J connectivity index is 2.10. The van der Waals surface area contributed by atoms with E-state index in [0.717, 1.165) is 27.8 Å². The highest BCUT2D eigenvalue weighted by Crippen LogP contribution is 2.37. The summed E-state index contributed by atoms with van der Waals surface area (Å²) in [4.78, 5) is 17.0. The Labute approximate surface area is 193 Å². The van der Waals surface area contributed by atoms with Crippen LogP contribution in [0, 0.1) is 25.2 Å². The summed E-state index contributed by atoms with van der Waals surface area (Å²) in [6.45, 7) is 5.99. The first-order valence-electron chi connectivity index (χ1n) is 10.9. The van der Waals surface area contributed by atoms with Crippen LogP contribution in [0.4, 0.5) is 0 Å². The molecule has 0 fully saturated rings. The fourth-order valence-corrected chi connectivity index (χ4v) is 4.30. The fraction of sp³-hybridized carbons (Fsp3) is 0.179. The molecule has 4 rings (SSSR count). The van der Waals surface area contributed by atoms with Gasteiger partial charge in [0.25, 0.3) is 0 Å². The first-order chi connectivity index (χ1) is 16.0. The number of benzene rings is 2. The van der Waals surface area contributed by atoms with Crippen molar-refractivity contribution in [3.63, 3.8) is 0 Å². The molecule has 0 bridgehead atoms. The van der Waals surface area contributed by atoms with E-state index < -0.39 is 5.97 Å². The average Bonchev–Trinajstić information content (AvgIpc) is 3.13. The number of nitriles is 1. The minimum Gasteiger partial charge on any atom is -0.463 e. The minimum absolute atomic E-state index is 0.243. The van der Waals surface area contributed by atoms with E-state index in [0.29, 0.717) is 16.9 Å².